The van der Waals surface area contributed by atoms with Crippen molar-refractivity contribution >= 4 is 41.6 Å². The van der Waals surface area contributed by atoms with Crippen molar-refractivity contribution in [2.24, 2.45) is 0 Å². The molecule has 104 valence electrons. The highest BCUT2D eigenvalue weighted by atomic mass is 35.5. The minimum Gasteiger partial charge on any atom is -0.481 e. The van der Waals surface area contributed by atoms with Crippen molar-refractivity contribution in [1.29, 1.82) is 0 Å². The molecule has 1 fully saturated rings. The Bertz CT molecular complexity index is 338. The number of thiocarbonyl (C=S) groups is 1. The Morgan fingerprint density at radius 3 is 2.67 bits per heavy atom. The number of hydrogen-bond donors (Lipinski definition) is 2. The molecular formula is C10H18ClN3O3S. The first-order valence-electron chi connectivity index (χ1n) is 5.40. The largest absolute Gasteiger partial charge is 0.481 e. The van der Waals surface area contributed by atoms with Gasteiger partial charge in [0.1, 0.15) is 6.04 Å². The van der Waals surface area contributed by atoms with Crippen molar-refractivity contribution in [3.63, 3.8) is 0 Å². The van der Waals surface area contributed by atoms with E-state index in [2.05, 4.69) is 5.32 Å². The zero-order valence-electron chi connectivity index (χ0n) is 10.4. The van der Waals surface area contributed by atoms with Crippen molar-refractivity contribution < 1.29 is 14.7 Å². The number of carboxylic acids is 1. The number of amides is 1. The maximum atomic E-state index is 11.8. The van der Waals surface area contributed by atoms with Crippen molar-refractivity contribution in [1.82, 2.24) is 15.1 Å². The van der Waals surface area contributed by atoms with Gasteiger partial charge in [-0.3, -0.25) is 14.5 Å². The molecule has 1 atom stereocenters. The molecule has 1 saturated heterocycles. The molecule has 1 aliphatic heterocycles. The van der Waals surface area contributed by atoms with E-state index in [0.29, 0.717) is 11.7 Å². The molecule has 1 rings (SSSR count). The molecular weight excluding hydrogens is 278 g/mol. The van der Waals surface area contributed by atoms with Crippen LogP contribution in [0.3, 0.4) is 0 Å². The lowest BCUT2D eigenvalue weighted by molar-refractivity contribution is -0.140. The van der Waals surface area contributed by atoms with E-state index in [1.54, 1.807) is 0 Å². The molecule has 0 spiro atoms. The van der Waals surface area contributed by atoms with Gasteiger partial charge >= 0.3 is 5.97 Å². The molecule has 0 radical (unpaired) electrons. The van der Waals surface area contributed by atoms with Crippen LogP contribution in [0.4, 0.5) is 0 Å². The summed E-state index contributed by atoms with van der Waals surface area (Å²) in [6.07, 6.45) is 0.573. The minimum absolute atomic E-state index is 0. The number of nitrogens with zero attached hydrogens (tertiary/aromatic N) is 2. The Morgan fingerprint density at radius 1 is 1.56 bits per heavy atom. The van der Waals surface area contributed by atoms with Gasteiger partial charge in [-0.05, 0) is 39.3 Å². The molecule has 0 bridgehead atoms. The fourth-order valence-electron chi connectivity index (χ4n) is 1.65. The number of rotatable bonds is 6. The van der Waals surface area contributed by atoms with Crippen LogP contribution in [0.25, 0.3) is 0 Å². The number of nitrogens with one attached hydrogen (secondary N) is 1. The SMILES string of the molecule is CN(C)CCCN1C(=O)C(CC(=O)O)NC1=S.Cl. The first-order valence-corrected chi connectivity index (χ1v) is 5.81. The highest BCUT2D eigenvalue weighted by molar-refractivity contribution is 7.80. The lowest BCUT2D eigenvalue weighted by Crippen LogP contribution is -2.34. The average Bonchev–Trinajstić information content (AvgIpc) is 2.44. The summed E-state index contributed by atoms with van der Waals surface area (Å²) in [6.45, 7) is 1.38. The maximum absolute atomic E-state index is 11.8. The second-order valence-corrected chi connectivity index (χ2v) is 4.63. The lowest BCUT2D eigenvalue weighted by atomic mass is 10.2. The van der Waals surface area contributed by atoms with Crippen molar-refractivity contribution in [2.75, 3.05) is 27.2 Å². The van der Waals surface area contributed by atoms with Gasteiger partial charge in [-0.25, -0.2) is 0 Å². The van der Waals surface area contributed by atoms with Crippen LogP contribution in [-0.4, -0.2) is 65.1 Å². The molecule has 1 unspecified atom stereocenters. The van der Waals surface area contributed by atoms with Crippen LogP contribution in [-0.2, 0) is 9.59 Å². The van der Waals surface area contributed by atoms with E-state index in [1.165, 1.54) is 4.90 Å². The van der Waals surface area contributed by atoms with E-state index < -0.39 is 12.0 Å². The fraction of sp³-hybridized carbons (Fsp3) is 0.700. The Hall–Kier alpha value is -0.920. The minimum atomic E-state index is -1.01. The highest BCUT2D eigenvalue weighted by Gasteiger charge is 2.36. The monoisotopic (exact) mass is 295 g/mol. The van der Waals surface area contributed by atoms with Crippen molar-refractivity contribution in [2.45, 2.75) is 18.9 Å². The number of hydrogen-bond acceptors (Lipinski definition) is 4. The van der Waals surface area contributed by atoms with Gasteiger partial charge in [0, 0.05) is 6.54 Å². The smallest absolute Gasteiger partial charge is 0.305 e. The lowest BCUT2D eigenvalue weighted by Gasteiger charge is -2.16. The molecule has 0 aromatic heterocycles. The van der Waals surface area contributed by atoms with Gasteiger partial charge in [0.25, 0.3) is 5.91 Å². The van der Waals surface area contributed by atoms with E-state index in [9.17, 15) is 9.59 Å². The summed E-state index contributed by atoms with van der Waals surface area (Å²) in [4.78, 5) is 25.9. The molecule has 8 heteroatoms. The van der Waals surface area contributed by atoms with Gasteiger partial charge in [0.2, 0.25) is 0 Å². The third-order valence-corrected chi connectivity index (χ3v) is 2.81. The zero-order valence-corrected chi connectivity index (χ0v) is 12.0. The molecule has 2 N–H and O–H groups in total. The van der Waals surface area contributed by atoms with Gasteiger partial charge in [0.15, 0.2) is 5.11 Å². The van der Waals surface area contributed by atoms with Crippen LogP contribution >= 0.6 is 24.6 Å². The quantitative estimate of drug-likeness (QED) is 0.668. The number of halogens is 1. The van der Waals surface area contributed by atoms with E-state index in [-0.39, 0.29) is 24.7 Å². The Balaban J connectivity index is 0.00000289. The summed E-state index contributed by atoms with van der Waals surface area (Å²) in [6, 6.07) is -0.709. The normalized spacial score (nSPS) is 18.8. The number of carbonyl (C=O) groups excluding carboxylic acids is 1. The molecule has 1 heterocycles. The third-order valence-electron chi connectivity index (χ3n) is 2.47. The van der Waals surface area contributed by atoms with Crippen LogP contribution < -0.4 is 5.32 Å². The zero-order chi connectivity index (χ0) is 13.0. The predicted molar refractivity (Wildman–Crippen MR) is 73.9 cm³/mol. The van der Waals surface area contributed by atoms with Crippen molar-refractivity contribution in [3.05, 3.63) is 0 Å². The standard InChI is InChI=1S/C10H17N3O3S.ClH/c1-12(2)4-3-5-13-9(16)7(6-8(14)15)11-10(13)17;/h7H,3-6H2,1-2H3,(H,11,17)(H,14,15);1H. The van der Waals surface area contributed by atoms with Gasteiger partial charge in [-0.15, -0.1) is 12.4 Å². The fourth-order valence-corrected chi connectivity index (χ4v) is 1.97. The van der Waals surface area contributed by atoms with E-state index in [0.717, 1.165) is 13.0 Å². The molecule has 0 aromatic carbocycles. The number of aliphatic carboxylic acids is 1. The second-order valence-electron chi connectivity index (χ2n) is 4.25. The highest BCUT2D eigenvalue weighted by Crippen LogP contribution is 2.10. The summed E-state index contributed by atoms with van der Waals surface area (Å²) in [5.41, 5.74) is 0. The van der Waals surface area contributed by atoms with Gasteiger partial charge in [-0.1, -0.05) is 0 Å². The molecule has 0 aliphatic carbocycles. The first-order chi connectivity index (χ1) is 7.91. The first kappa shape index (κ1) is 17.1. The summed E-state index contributed by atoms with van der Waals surface area (Å²) >= 11 is 5.01. The van der Waals surface area contributed by atoms with E-state index >= 15 is 0 Å². The second kappa shape index (κ2) is 7.50. The third kappa shape index (κ3) is 4.75. The van der Waals surface area contributed by atoms with E-state index in [4.69, 9.17) is 17.3 Å². The summed E-state index contributed by atoms with van der Waals surface area (Å²) in [5.74, 6) is -1.25. The number of carboxylic acid groups (broad SMARTS) is 1. The van der Waals surface area contributed by atoms with Crippen LogP contribution in [0.15, 0.2) is 0 Å². The molecule has 1 amide bonds. The predicted octanol–water partition coefficient (Wildman–Crippen LogP) is -0.0801. The molecule has 18 heavy (non-hydrogen) atoms. The molecule has 1 aliphatic rings. The van der Waals surface area contributed by atoms with E-state index in [1.807, 2.05) is 19.0 Å². The summed E-state index contributed by atoms with van der Waals surface area (Å²) < 4.78 is 0. The van der Waals surface area contributed by atoms with Crippen LogP contribution in [0.2, 0.25) is 0 Å². The Morgan fingerprint density at radius 2 is 2.17 bits per heavy atom. The average molecular weight is 296 g/mol. The summed E-state index contributed by atoms with van der Waals surface area (Å²) in [7, 11) is 3.91. The van der Waals surface area contributed by atoms with Gasteiger partial charge < -0.3 is 15.3 Å². The van der Waals surface area contributed by atoms with Gasteiger partial charge in [0.05, 0.1) is 6.42 Å². The van der Waals surface area contributed by atoms with Crippen LogP contribution in [0, 0.1) is 0 Å². The maximum Gasteiger partial charge on any atom is 0.305 e. The van der Waals surface area contributed by atoms with Gasteiger partial charge in [-0.2, -0.15) is 0 Å². The van der Waals surface area contributed by atoms with Crippen molar-refractivity contribution in [3.8, 4) is 0 Å². The molecule has 0 saturated carbocycles. The number of carbonyl (C=O) groups is 2. The van der Waals surface area contributed by atoms with Crippen LogP contribution in [0.1, 0.15) is 12.8 Å². The Kier molecular flexibility index (Phi) is 7.12. The molecule has 6 nitrogen and oxygen atoms in total. The van der Waals surface area contributed by atoms with Crippen LogP contribution in [0.5, 0.6) is 0 Å². The Labute approximate surface area is 118 Å². The topological polar surface area (TPSA) is 72.9 Å². The summed E-state index contributed by atoms with van der Waals surface area (Å²) in [5, 5.41) is 11.7. The molecule has 0 aromatic rings.